The van der Waals surface area contributed by atoms with E-state index in [-0.39, 0.29) is 18.8 Å². The summed E-state index contributed by atoms with van der Waals surface area (Å²) in [5, 5.41) is 47.9. The van der Waals surface area contributed by atoms with Gasteiger partial charge in [0.2, 0.25) is 29.5 Å². The number of aliphatic hydroxyl groups is 3. The summed E-state index contributed by atoms with van der Waals surface area (Å²) in [5.74, 6) is -6.65. The zero-order valence-corrected chi connectivity index (χ0v) is 25.7. The van der Waals surface area contributed by atoms with Crippen LogP contribution < -0.4 is 65.5 Å². The predicted molar refractivity (Wildman–Crippen MR) is 164 cm³/mol. The van der Waals surface area contributed by atoms with Gasteiger partial charge in [0.25, 0.3) is 5.91 Å². The molecule has 1 fully saturated rings. The molecule has 0 aromatic carbocycles. The Morgan fingerprint density at radius 1 is 0.979 bits per heavy atom. The standard InChI is InChI=1S/C25H43N13O10/c26-3-1-2-10(27)4-16(41)32-12-6-30-23(47)18(11-5-17(42)37-24(28)36-11)38-20(44)13(7-31-25(29)48)33-21(45)14(8-39)35-22(46)15(9-40)34-19(12)43/h7,10-12,14-15,17-18,39-40,42H,1-6,8-9,26-27H2,(H,30,47)(H,32,41)(H,33,45)(H,34,43)(H,35,46)(H,38,44)(H3,28,36,37)(H3,29,31,48)/b13-7-. The lowest BCUT2D eigenvalue weighted by molar-refractivity contribution is -0.135. The van der Waals surface area contributed by atoms with E-state index in [1.54, 1.807) is 0 Å². The van der Waals surface area contributed by atoms with Crippen LogP contribution in [-0.2, 0) is 28.8 Å². The molecule has 0 radical (unpaired) electrons. The molecular formula is C25H43N13O10. The number of nitrogens with one attached hydrogen (secondary N) is 8. The summed E-state index contributed by atoms with van der Waals surface area (Å²) in [4.78, 5) is 94.0. The Labute approximate surface area is 273 Å². The van der Waals surface area contributed by atoms with Crippen LogP contribution in [0.3, 0.4) is 0 Å². The molecule has 2 heterocycles. The van der Waals surface area contributed by atoms with Gasteiger partial charge in [-0.25, -0.2) is 9.79 Å². The van der Waals surface area contributed by atoms with Gasteiger partial charge in [0.1, 0.15) is 29.9 Å². The van der Waals surface area contributed by atoms with Crippen LogP contribution in [-0.4, -0.2) is 132 Å². The van der Waals surface area contributed by atoms with Crippen LogP contribution in [0.1, 0.15) is 25.7 Å². The highest BCUT2D eigenvalue weighted by Gasteiger charge is 2.37. The number of amides is 8. The maximum Gasteiger partial charge on any atom is 0.316 e. The zero-order chi connectivity index (χ0) is 36.0. The van der Waals surface area contributed by atoms with Crippen molar-refractivity contribution in [2.75, 3.05) is 26.3 Å². The number of hydrogen-bond donors (Lipinski definition) is 15. The fourth-order valence-corrected chi connectivity index (χ4v) is 4.46. The van der Waals surface area contributed by atoms with Crippen molar-refractivity contribution >= 4 is 47.4 Å². The molecule has 0 bridgehead atoms. The second-order valence-electron chi connectivity index (χ2n) is 10.7. The Hall–Kier alpha value is -5.10. The number of carbonyl (C=O) groups is 7. The van der Waals surface area contributed by atoms with E-state index >= 15 is 0 Å². The van der Waals surface area contributed by atoms with Gasteiger partial charge < -0.3 is 80.8 Å². The van der Waals surface area contributed by atoms with E-state index in [0.717, 1.165) is 0 Å². The molecule has 1 saturated heterocycles. The van der Waals surface area contributed by atoms with Crippen LogP contribution in [0.15, 0.2) is 16.9 Å². The van der Waals surface area contributed by atoms with Gasteiger partial charge >= 0.3 is 6.03 Å². The van der Waals surface area contributed by atoms with Crippen molar-refractivity contribution in [3.63, 3.8) is 0 Å². The number of aliphatic imine (C=N–C) groups is 1. The summed E-state index contributed by atoms with van der Waals surface area (Å²) in [6.07, 6.45) is -0.339. The van der Waals surface area contributed by atoms with Crippen molar-refractivity contribution in [1.82, 2.24) is 42.5 Å². The fraction of sp³-hybridized carbons (Fsp3) is 0.600. The third-order valence-corrected chi connectivity index (χ3v) is 6.91. The van der Waals surface area contributed by atoms with E-state index < -0.39 is 109 Å². The first-order valence-electron chi connectivity index (χ1n) is 14.7. The third kappa shape index (κ3) is 12.3. The summed E-state index contributed by atoms with van der Waals surface area (Å²) in [5.41, 5.74) is 21.5. The molecule has 48 heavy (non-hydrogen) atoms. The van der Waals surface area contributed by atoms with Crippen LogP contribution in [0.4, 0.5) is 4.79 Å². The monoisotopic (exact) mass is 685 g/mol. The third-order valence-electron chi connectivity index (χ3n) is 6.91. The molecule has 23 heteroatoms. The molecule has 7 atom stereocenters. The van der Waals surface area contributed by atoms with Gasteiger partial charge in [0.15, 0.2) is 12.2 Å². The summed E-state index contributed by atoms with van der Waals surface area (Å²) in [6, 6.07) is -9.66. The normalized spacial score (nSPS) is 27.6. The zero-order valence-electron chi connectivity index (χ0n) is 25.7. The molecule has 2 rings (SSSR count). The molecule has 2 aliphatic heterocycles. The van der Waals surface area contributed by atoms with E-state index in [1.165, 1.54) is 0 Å². The van der Waals surface area contributed by atoms with Crippen molar-refractivity contribution < 1.29 is 48.9 Å². The molecule has 0 spiro atoms. The smallest absolute Gasteiger partial charge is 0.316 e. The van der Waals surface area contributed by atoms with Crippen molar-refractivity contribution in [2.45, 2.75) is 68.2 Å². The Kier molecular flexibility index (Phi) is 15.4. The highest BCUT2D eigenvalue weighted by molar-refractivity contribution is 6.02. The number of primary amides is 1. The topological polar surface area (TPSA) is 393 Å². The molecule has 0 aromatic rings. The number of nitrogens with two attached hydrogens (primary N) is 4. The van der Waals surface area contributed by atoms with E-state index in [1.807, 2.05) is 5.32 Å². The van der Waals surface area contributed by atoms with Crippen molar-refractivity contribution in [3.8, 4) is 0 Å². The maximum atomic E-state index is 13.6. The molecule has 0 saturated carbocycles. The minimum atomic E-state index is -1.78. The number of rotatable bonds is 10. The van der Waals surface area contributed by atoms with Gasteiger partial charge in [-0.2, -0.15) is 0 Å². The largest absolute Gasteiger partial charge is 0.394 e. The average molecular weight is 686 g/mol. The molecule has 8 amide bonds. The van der Waals surface area contributed by atoms with Crippen LogP contribution in [0.2, 0.25) is 0 Å². The van der Waals surface area contributed by atoms with Crippen LogP contribution in [0.25, 0.3) is 0 Å². The molecule has 268 valence electrons. The van der Waals surface area contributed by atoms with Crippen molar-refractivity contribution in [3.05, 3.63) is 11.9 Å². The van der Waals surface area contributed by atoms with Crippen molar-refractivity contribution in [1.29, 1.82) is 0 Å². The minimum Gasteiger partial charge on any atom is -0.394 e. The highest BCUT2D eigenvalue weighted by Crippen LogP contribution is 2.11. The molecule has 7 unspecified atom stereocenters. The summed E-state index contributed by atoms with van der Waals surface area (Å²) in [7, 11) is 0. The SMILES string of the molecule is NCCCC(N)CC(=O)NC1CNC(=O)C(C2CC(O)N=C(N)N2)NC(=O)/C(=C/NC(N)=O)NC(=O)C(CO)NC(=O)C(CO)NC1=O. The van der Waals surface area contributed by atoms with Gasteiger partial charge in [-0.15, -0.1) is 0 Å². The van der Waals surface area contributed by atoms with Crippen LogP contribution >= 0.6 is 0 Å². The first kappa shape index (κ1) is 39.1. The maximum absolute atomic E-state index is 13.6. The van der Waals surface area contributed by atoms with Gasteiger partial charge in [0.05, 0.1) is 19.3 Å². The number of aliphatic hydroxyl groups excluding tert-OH is 3. The van der Waals surface area contributed by atoms with Crippen LogP contribution in [0.5, 0.6) is 0 Å². The average Bonchev–Trinajstić information content (AvgIpc) is 3.02. The molecule has 0 aromatic heterocycles. The highest BCUT2D eigenvalue weighted by atomic mass is 16.3. The Balaban J connectivity index is 2.54. The van der Waals surface area contributed by atoms with E-state index in [9.17, 15) is 48.9 Å². The summed E-state index contributed by atoms with van der Waals surface area (Å²) in [6.45, 7) is -2.36. The molecule has 0 aliphatic carbocycles. The Morgan fingerprint density at radius 3 is 2.23 bits per heavy atom. The first-order chi connectivity index (χ1) is 22.7. The second-order valence-corrected chi connectivity index (χ2v) is 10.7. The van der Waals surface area contributed by atoms with Gasteiger partial charge in [-0.05, 0) is 19.4 Å². The van der Waals surface area contributed by atoms with E-state index in [4.69, 9.17) is 22.9 Å². The predicted octanol–water partition coefficient (Wildman–Crippen LogP) is -8.88. The number of urea groups is 1. The first-order valence-corrected chi connectivity index (χ1v) is 14.7. The number of guanidine groups is 1. The lowest BCUT2D eigenvalue weighted by Gasteiger charge is -2.33. The Morgan fingerprint density at radius 2 is 1.62 bits per heavy atom. The van der Waals surface area contributed by atoms with Crippen LogP contribution in [0, 0.1) is 0 Å². The molecule has 23 nitrogen and oxygen atoms in total. The number of hydrogen-bond acceptors (Lipinski definition) is 15. The van der Waals surface area contributed by atoms with Gasteiger partial charge in [0, 0.05) is 31.6 Å². The quantitative estimate of drug-likeness (QED) is 0.0950. The Bertz CT molecular complexity index is 1280. The summed E-state index contributed by atoms with van der Waals surface area (Å²) >= 11 is 0. The lowest BCUT2D eigenvalue weighted by atomic mass is 10.0. The second kappa shape index (κ2) is 18.9. The summed E-state index contributed by atoms with van der Waals surface area (Å²) < 4.78 is 0. The molecular weight excluding hydrogens is 642 g/mol. The minimum absolute atomic E-state index is 0.245. The van der Waals surface area contributed by atoms with Gasteiger partial charge in [-0.1, -0.05) is 0 Å². The van der Waals surface area contributed by atoms with E-state index in [0.29, 0.717) is 25.6 Å². The fourth-order valence-electron chi connectivity index (χ4n) is 4.46. The van der Waals surface area contributed by atoms with E-state index in [2.05, 4.69) is 42.2 Å². The van der Waals surface area contributed by atoms with Gasteiger partial charge in [-0.3, -0.25) is 28.8 Å². The van der Waals surface area contributed by atoms with Crippen molar-refractivity contribution in [2.24, 2.45) is 27.9 Å². The molecule has 19 N–H and O–H groups in total. The number of carbonyl (C=O) groups excluding carboxylic acids is 7. The number of nitrogens with zero attached hydrogens (tertiary/aromatic N) is 1. The lowest BCUT2D eigenvalue weighted by Crippen LogP contribution is -2.64. The molecule has 2 aliphatic rings.